The smallest absolute Gasteiger partial charge is 0.308 e. The molecule has 0 aromatic carbocycles. The van der Waals surface area contributed by atoms with Gasteiger partial charge in [-0.2, -0.15) is 0 Å². The molecular weight excluding hydrogens is 484 g/mol. The molecule has 2 N–H and O–H groups in total. The van der Waals surface area contributed by atoms with E-state index in [4.69, 9.17) is 0 Å². The number of thioether (sulfide) groups is 1. The van der Waals surface area contributed by atoms with E-state index in [9.17, 15) is 24.6 Å². The third kappa shape index (κ3) is 3.84. The standard InChI is InChI=1S/C22H33BrN2O5S/c1-5-7-9-24(8-6-2)20(28)18-22-10-13(23)17(31-22)15(21(29)30)16(22)19(27)25(18)14(11-26)12(3)4/h6,12-18,26H,2,5,7-11H2,1,3-4H3,(H,29,30)/t13?,14-,15-,16-,17-,18?,22?/m0/s1. The number of amides is 2. The molecule has 7 atom stereocenters. The lowest BCUT2D eigenvalue weighted by Crippen LogP contribution is -2.58. The summed E-state index contributed by atoms with van der Waals surface area (Å²) in [6.07, 6.45) is 4.00. The number of likely N-dealkylation sites (tertiary alicyclic amines) is 1. The van der Waals surface area contributed by atoms with Crippen molar-refractivity contribution in [1.82, 2.24) is 9.80 Å². The van der Waals surface area contributed by atoms with Crippen molar-refractivity contribution < 1.29 is 24.6 Å². The van der Waals surface area contributed by atoms with E-state index >= 15 is 0 Å². The Bertz CT molecular complexity index is 749. The molecule has 2 bridgehead atoms. The Morgan fingerprint density at radius 1 is 1.45 bits per heavy atom. The maximum absolute atomic E-state index is 14.0. The van der Waals surface area contributed by atoms with Gasteiger partial charge in [0.15, 0.2) is 0 Å². The summed E-state index contributed by atoms with van der Waals surface area (Å²) >= 11 is 5.13. The van der Waals surface area contributed by atoms with Gasteiger partial charge in [-0.3, -0.25) is 14.4 Å². The number of fused-ring (bicyclic) bond motifs is 1. The molecule has 0 radical (unpaired) electrons. The molecule has 3 fully saturated rings. The molecule has 7 nitrogen and oxygen atoms in total. The molecule has 9 heteroatoms. The summed E-state index contributed by atoms with van der Waals surface area (Å²) in [5, 5.41) is 19.9. The molecule has 3 unspecified atom stereocenters. The summed E-state index contributed by atoms with van der Waals surface area (Å²) in [6, 6.07) is -1.33. The van der Waals surface area contributed by atoms with E-state index in [0.717, 1.165) is 12.8 Å². The van der Waals surface area contributed by atoms with E-state index in [0.29, 0.717) is 19.5 Å². The predicted molar refractivity (Wildman–Crippen MR) is 124 cm³/mol. The Morgan fingerprint density at radius 2 is 2.13 bits per heavy atom. The lowest BCUT2D eigenvalue weighted by atomic mass is 9.71. The second kappa shape index (κ2) is 9.43. The average Bonchev–Trinajstić information content (AvgIpc) is 3.29. The number of hydrogen-bond acceptors (Lipinski definition) is 5. The average molecular weight is 517 g/mol. The molecule has 3 rings (SSSR count). The Hall–Kier alpha value is -1.06. The Balaban J connectivity index is 2.11. The first-order chi connectivity index (χ1) is 14.7. The molecule has 3 saturated heterocycles. The summed E-state index contributed by atoms with van der Waals surface area (Å²) in [4.78, 5) is 43.1. The molecule has 3 aliphatic heterocycles. The van der Waals surface area contributed by atoms with Gasteiger partial charge in [0.1, 0.15) is 6.04 Å². The number of aliphatic hydroxyl groups excluding tert-OH is 1. The van der Waals surface area contributed by atoms with Crippen molar-refractivity contribution in [2.75, 3.05) is 19.7 Å². The number of carboxylic acid groups (broad SMARTS) is 1. The maximum Gasteiger partial charge on any atom is 0.308 e. The van der Waals surface area contributed by atoms with Crippen LogP contribution < -0.4 is 0 Å². The van der Waals surface area contributed by atoms with Gasteiger partial charge in [-0.15, -0.1) is 18.3 Å². The minimum absolute atomic E-state index is 0.0757. The van der Waals surface area contributed by atoms with Crippen LogP contribution in [0.15, 0.2) is 12.7 Å². The second-order valence-corrected chi connectivity index (χ2v) is 11.9. The topological polar surface area (TPSA) is 98.2 Å². The SMILES string of the molecule is C=CCN(CCCC)C(=O)C1N([C@@H](CO)C(C)C)C(=O)[C@@H]2[C@H](C(=O)O)[C@H]3SC12CC3Br. The van der Waals surface area contributed by atoms with E-state index < -0.39 is 34.6 Å². The van der Waals surface area contributed by atoms with E-state index in [1.807, 2.05) is 13.8 Å². The summed E-state index contributed by atoms with van der Waals surface area (Å²) < 4.78 is -0.802. The third-order valence-corrected chi connectivity index (χ3v) is 10.2. The van der Waals surface area contributed by atoms with Crippen LogP contribution in [0.3, 0.4) is 0 Å². The molecule has 3 aliphatic rings. The Morgan fingerprint density at radius 3 is 2.65 bits per heavy atom. The highest BCUT2D eigenvalue weighted by atomic mass is 79.9. The fourth-order valence-electron chi connectivity index (χ4n) is 5.58. The highest BCUT2D eigenvalue weighted by Crippen LogP contribution is 2.68. The molecular formula is C22H33BrN2O5S. The van der Waals surface area contributed by atoms with Crippen molar-refractivity contribution in [2.24, 2.45) is 17.8 Å². The first-order valence-electron chi connectivity index (χ1n) is 11.0. The van der Waals surface area contributed by atoms with Crippen LogP contribution in [0.2, 0.25) is 0 Å². The quantitative estimate of drug-likeness (QED) is 0.341. The minimum atomic E-state index is -0.992. The number of unbranched alkanes of at least 4 members (excludes halogenated alkanes) is 1. The van der Waals surface area contributed by atoms with Crippen LogP contribution in [-0.4, -0.2) is 84.4 Å². The monoisotopic (exact) mass is 516 g/mol. The molecule has 0 aliphatic carbocycles. The lowest BCUT2D eigenvalue weighted by Gasteiger charge is -2.40. The zero-order chi connectivity index (χ0) is 23.1. The van der Waals surface area contributed by atoms with Crippen LogP contribution in [0, 0.1) is 17.8 Å². The second-order valence-electron chi connectivity index (χ2n) is 9.17. The lowest BCUT2D eigenvalue weighted by molar-refractivity contribution is -0.150. The van der Waals surface area contributed by atoms with Crippen LogP contribution in [0.1, 0.15) is 40.0 Å². The zero-order valence-electron chi connectivity index (χ0n) is 18.4. The fourth-order valence-corrected chi connectivity index (χ4v) is 9.16. The van der Waals surface area contributed by atoms with Crippen molar-refractivity contribution in [1.29, 1.82) is 0 Å². The third-order valence-electron chi connectivity index (χ3n) is 7.00. The number of aliphatic hydroxyl groups is 1. The van der Waals surface area contributed by atoms with Crippen molar-refractivity contribution in [2.45, 2.75) is 66.9 Å². The van der Waals surface area contributed by atoms with Crippen LogP contribution in [-0.2, 0) is 14.4 Å². The number of rotatable bonds is 10. The van der Waals surface area contributed by atoms with Gasteiger partial charge in [-0.1, -0.05) is 49.2 Å². The molecule has 1 spiro atoms. The summed E-state index contributed by atoms with van der Waals surface area (Å²) in [6.45, 7) is 10.3. The highest BCUT2D eigenvalue weighted by molar-refractivity contribution is 9.09. The predicted octanol–water partition coefficient (Wildman–Crippen LogP) is 2.37. The minimum Gasteiger partial charge on any atom is -0.481 e. The van der Waals surface area contributed by atoms with Gasteiger partial charge in [0.2, 0.25) is 11.8 Å². The van der Waals surface area contributed by atoms with E-state index in [-0.39, 0.29) is 34.4 Å². The van der Waals surface area contributed by atoms with Gasteiger partial charge in [0, 0.05) is 23.2 Å². The Labute approximate surface area is 196 Å². The molecule has 0 aromatic heterocycles. The first-order valence-corrected chi connectivity index (χ1v) is 12.8. The first kappa shape index (κ1) is 24.6. The molecule has 3 heterocycles. The number of halogens is 1. The molecule has 174 valence electrons. The van der Waals surface area contributed by atoms with Crippen LogP contribution in [0.5, 0.6) is 0 Å². The highest BCUT2D eigenvalue weighted by Gasteiger charge is 2.76. The summed E-state index contributed by atoms with van der Waals surface area (Å²) in [7, 11) is 0. The summed E-state index contributed by atoms with van der Waals surface area (Å²) in [5.41, 5.74) is 0. The summed E-state index contributed by atoms with van der Waals surface area (Å²) in [5.74, 6) is -3.13. The number of carboxylic acids is 1. The van der Waals surface area contributed by atoms with Crippen LogP contribution in [0.4, 0.5) is 0 Å². The Kier molecular flexibility index (Phi) is 7.48. The maximum atomic E-state index is 14.0. The van der Waals surface area contributed by atoms with E-state index in [1.54, 1.807) is 15.9 Å². The molecule has 31 heavy (non-hydrogen) atoms. The largest absolute Gasteiger partial charge is 0.481 e. The van der Waals surface area contributed by atoms with Crippen molar-refractivity contribution in [3.8, 4) is 0 Å². The fraction of sp³-hybridized carbons (Fsp3) is 0.773. The van der Waals surface area contributed by atoms with Gasteiger partial charge in [-0.05, 0) is 18.8 Å². The van der Waals surface area contributed by atoms with Gasteiger partial charge in [-0.25, -0.2) is 0 Å². The van der Waals surface area contributed by atoms with Crippen LogP contribution in [0.25, 0.3) is 0 Å². The van der Waals surface area contributed by atoms with Gasteiger partial charge in [0.05, 0.1) is 29.2 Å². The number of carbonyl (C=O) groups excluding carboxylic acids is 2. The van der Waals surface area contributed by atoms with E-state index in [1.165, 1.54) is 11.8 Å². The number of alkyl halides is 1. The number of carbonyl (C=O) groups is 3. The van der Waals surface area contributed by atoms with Gasteiger partial charge < -0.3 is 20.0 Å². The van der Waals surface area contributed by atoms with Crippen molar-refractivity contribution in [3.05, 3.63) is 12.7 Å². The number of aliphatic carboxylic acids is 1. The van der Waals surface area contributed by atoms with E-state index in [2.05, 4.69) is 29.4 Å². The van der Waals surface area contributed by atoms with Crippen molar-refractivity contribution in [3.63, 3.8) is 0 Å². The molecule has 2 amide bonds. The normalized spacial score (nSPS) is 34.8. The molecule has 0 saturated carbocycles. The number of hydrogen-bond donors (Lipinski definition) is 2. The number of nitrogens with zero attached hydrogens (tertiary/aromatic N) is 2. The van der Waals surface area contributed by atoms with Crippen molar-refractivity contribution >= 4 is 45.5 Å². The van der Waals surface area contributed by atoms with Crippen LogP contribution >= 0.6 is 27.7 Å². The zero-order valence-corrected chi connectivity index (χ0v) is 20.8. The molecule has 0 aromatic rings. The van der Waals surface area contributed by atoms with Gasteiger partial charge in [0.25, 0.3) is 0 Å². The van der Waals surface area contributed by atoms with Gasteiger partial charge >= 0.3 is 5.97 Å².